The molecule has 0 saturated heterocycles. The topological polar surface area (TPSA) is 12.0 Å². The lowest BCUT2D eigenvalue weighted by molar-refractivity contribution is 0.450. The molecule has 1 aliphatic carbocycles. The Balaban J connectivity index is 1.70. The summed E-state index contributed by atoms with van der Waals surface area (Å²) in [6, 6.07) is 7.54. The van der Waals surface area contributed by atoms with Crippen LogP contribution in [0.3, 0.4) is 0 Å². The van der Waals surface area contributed by atoms with Crippen LogP contribution in [0.25, 0.3) is 0 Å². The van der Waals surface area contributed by atoms with E-state index in [1.54, 1.807) is 12.1 Å². The maximum atomic E-state index is 12.8. The van der Waals surface area contributed by atoms with Crippen LogP contribution in [0.1, 0.15) is 44.6 Å². The SMILES string of the molecule is CC1CCCC(NCCc2ccc(F)cc2)CC1. The zero-order chi connectivity index (χ0) is 12.8. The minimum Gasteiger partial charge on any atom is -0.314 e. The van der Waals surface area contributed by atoms with Crippen molar-refractivity contribution < 1.29 is 4.39 Å². The molecule has 2 rings (SSSR count). The van der Waals surface area contributed by atoms with E-state index < -0.39 is 0 Å². The smallest absolute Gasteiger partial charge is 0.123 e. The Labute approximate surface area is 110 Å². The highest BCUT2D eigenvalue weighted by Gasteiger charge is 2.15. The Bertz CT molecular complexity index is 347. The van der Waals surface area contributed by atoms with E-state index in [4.69, 9.17) is 0 Å². The fourth-order valence-corrected chi connectivity index (χ4v) is 2.76. The molecule has 2 unspecified atom stereocenters. The van der Waals surface area contributed by atoms with Crippen LogP contribution >= 0.6 is 0 Å². The van der Waals surface area contributed by atoms with Crippen LogP contribution in [0, 0.1) is 11.7 Å². The maximum Gasteiger partial charge on any atom is 0.123 e. The first kappa shape index (κ1) is 13.5. The average molecular weight is 249 g/mol. The number of hydrogen-bond donors (Lipinski definition) is 1. The summed E-state index contributed by atoms with van der Waals surface area (Å²) in [5.74, 6) is 0.748. The number of benzene rings is 1. The molecule has 1 N–H and O–H groups in total. The molecule has 0 aliphatic heterocycles. The Kier molecular flexibility index (Phi) is 5.18. The Morgan fingerprint density at radius 1 is 1.11 bits per heavy atom. The van der Waals surface area contributed by atoms with Gasteiger partial charge in [-0.05, 0) is 55.8 Å². The zero-order valence-electron chi connectivity index (χ0n) is 11.3. The van der Waals surface area contributed by atoms with E-state index in [-0.39, 0.29) is 5.82 Å². The summed E-state index contributed by atoms with van der Waals surface area (Å²) in [5.41, 5.74) is 1.21. The van der Waals surface area contributed by atoms with E-state index in [0.717, 1.165) is 18.9 Å². The molecule has 1 fully saturated rings. The highest BCUT2D eigenvalue weighted by Crippen LogP contribution is 2.22. The van der Waals surface area contributed by atoms with Crippen molar-refractivity contribution in [1.29, 1.82) is 0 Å². The lowest BCUT2D eigenvalue weighted by Gasteiger charge is -2.16. The molecule has 1 aromatic carbocycles. The van der Waals surface area contributed by atoms with Crippen molar-refractivity contribution >= 4 is 0 Å². The molecule has 1 saturated carbocycles. The van der Waals surface area contributed by atoms with Gasteiger partial charge in [0.15, 0.2) is 0 Å². The third kappa shape index (κ3) is 4.41. The largest absolute Gasteiger partial charge is 0.314 e. The van der Waals surface area contributed by atoms with Crippen LogP contribution in [0.5, 0.6) is 0 Å². The molecule has 0 radical (unpaired) electrons. The number of nitrogens with one attached hydrogen (secondary N) is 1. The van der Waals surface area contributed by atoms with Gasteiger partial charge in [0.25, 0.3) is 0 Å². The molecular formula is C16H24FN. The van der Waals surface area contributed by atoms with E-state index in [0.29, 0.717) is 6.04 Å². The summed E-state index contributed by atoms with van der Waals surface area (Å²) in [6.07, 6.45) is 7.71. The summed E-state index contributed by atoms with van der Waals surface area (Å²) in [7, 11) is 0. The predicted molar refractivity (Wildman–Crippen MR) is 74.1 cm³/mol. The molecule has 100 valence electrons. The Morgan fingerprint density at radius 2 is 1.89 bits per heavy atom. The molecule has 2 atom stereocenters. The number of halogens is 1. The lowest BCUT2D eigenvalue weighted by Crippen LogP contribution is -2.30. The molecule has 0 spiro atoms. The minimum atomic E-state index is -0.149. The van der Waals surface area contributed by atoms with E-state index in [1.807, 2.05) is 12.1 Å². The molecule has 0 amide bonds. The third-order valence-corrected chi connectivity index (χ3v) is 4.02. The fourth-order valence-electron chi connectivity index (χ4n) is 2.76. The van der Waals surface area contributed by atoms with Gasteiger partial charge in [-0.15, -0.1) is 0 Å². The van der Waals surface area contributed by atoms with Gasteiger partial charge in [0.05, 0.1) is 0 Å². The van der Waals surface area contributed by atoms with Gasteiger partial charge >= 0.3 is 0 Å². The minimum absolute atomic E-state index is 0.149. The van der Waals surface area contributed by atoms with Gasteiger partial charge in [0.2, 0.25) is 0 Å². The summed E-state index contributed by atoms with van der Waals surface area (Å²) >= 11 is 0. The second kappa shape index (κ2) is 6.89. The van der Waals surface area contributed by atoms with Crippen LogP contribution in [-0.4, -0.2) is 12.6 Å². The number of hydrogen-bond acceptors (Lipinski definition) is 1. The summed E-state index contributed by atoms with van der Waals surface area (Å²) in [4.78, 5) is 0. The van der Waals surface area contributed by atoms with Crippen LogP contribution < -0.4 is 5.32 Å². The normalized spacial score (nSPS) is 24.8. The first-order chi connectivity index (χ1) is 8.74. The standard InChI is InChI=1S/C16H24FN/c1-13-3-2-4-16(10-5-13)18-12-11-14-6-8-15(17)9-7-14/h6-9,13,16,18H,2-5,10-12H2,1H3. The molecule has 2 heteroatoms. The van der Waals surface area contributed by atoms with Gasteiger partial charge in [-0.25, -0.2) is 4.39 Å². The molecule has 0 heterocycles. The number of rotatable bonds is 4. The van der Waals surface area contributed by atoms with Gasteiger partial charge in [0.1, 0.15) is 5.82 Å². The fraction of sp³-hybridized carbons (Fsp3) is 0.625. The van der Waals surface area contributed by atoms with Crippen molar-refractivity contribution in [2.24, 2.45) is 5.92 Å². The van der Waals surface area contributed by atoms with Crippen LogP contribution in [-0.2, 0) is 6.42 Å². The van der Waals surface area contributed by atoms with E-state index in [1.165, 1.54) is 37.7 Å². The third-order valence-electron chi connectivity index (χ3n) is 4.02. The predicted octanol–water partition coefficient (Wildman–Crippen LogP) is 3.93. The van der Waals surface area contributed by atoms with Gasteiger partial charge in [-0.3, -0.25) is 0 Å². The highest BCUT2D eigenvalue weighted by atomic mass is 19.1. The first-order valence-electron chi connectivity index (χ1n) is 7.22. The molecule has 1 aromatic rings. The van der Waals surface area contributed by atoms with Gasteiger partial charge in [-0.2, -0.15) is 0 Å². The molecule has 1 aliphatic rings. The molecule has 0 aromatic heterocycles. The summed E-state index contributed by atoms with van der Waals surface area (Å²) in [5, 5.41) is 3.65. The van der Waals surface area contributed by atoms with Crippen LogP contribution in [0.2, 0.25) is 0 Å². The van der Waals surface area contributed by atoms with Crippen LogP contribution in [0.15, 0.2) is 24.3 Å². The first-order valence-corrected chi connectivity index (χ1v) is 7.22. The molecule has 18 heavy (non-hydrogen) atoms. The molecule has 0 bridgehead atoms. The van der Waals surface area contributed by atoms with Crippen molar-refractivity contribution in [3.8, 4) is 0 Å². The quantitative estimate of drug-likeness (QED) is 0.797. The van der Waals surface area contributed by atoms with Gasteiger partial charge < -0.3 is 5.32 Å². The van der Waals surface area contributed by atoms with Crippen molar-refractivity contribution in [3.63, 3.8) is 0 Å². The molecule has 1 nitrogen and oxygen atoms in total. The van der Waals surface area contributed by atoms with Crippen molar-refractivity contribution in [1.82, 2.24) is 5.32 Å². The second-order valence-electron chi connectivity index (χ2n) is 5.64. The Morgan fingerprint density at radius 3 is 2.67 bits per heavy atom. The average Bonchev–Trinajstić information content (AvgIpc) is 2.57. The van der Waals surface area contributed by atoms with E-state index in [2.05, 4.69) is 12.2 Å². The second-order valence-corrected chi connectivity index (χ2v) is 5.64. The molecular weight excluding hydrogens is 225 g/mol. The van der Waals surface area contributed by atoms with Gasteiger partial charge in [0, 0.05) is 6.04 Å². The summed E-state index contributed by atoms with van der Waals surface area (Å²) < 4.78 is 12.8. The Hall–Kier alpha value is -0.890. The van der Waals surface area contributed by atoms with Crippen molar-refractivity contribution in [2.45, 2.75) is 51.5 Å². The lowest BCUT2D eigenvalue weighted by atomic mass is 10.0. The maximum absolute atomic E-state index is 12.8. The monoisotopic (exact) mass is 249 g/mol. The van der Waals surface area contributed by atoms with Crippen molar-refractivity contribution in [3.05, 3.63) is 35.6 Å². The van der Waals surface area contributed by atoms with E-state index in [9.17, 15) is 4.39 Å². The van der Waals surface area contributed by atoms with Crippen molar-refractivity contribution in [2.75, 3.05) is 6.54 Å². The summed E-state index contributed by atoms with van der Waals surface area (Å²) in [6.45, 7) is 3.37. The van der Waals surface area contributed by atoms with E-state index >= 15 is 0 Å². The van der Waals surface area contributed by atoms with Crippen LogP contribution in [0.4, 0.5) is 4.39 Å². The van der Waals surface area contributed by atoms with Gasteiger partial charge in [-0.1, -0.05) is 31.9 Å². The highest BCUT2D eigenvalue weighted by molar-refractivity contribution is 5.16. The zero-order valence-corrected chi connectivity index (χ0v) is 11.3.